The van der Waals surface area contributed by atoms with E-state index in [9.17, 15) is 13.2 Å². The summed E-state index contributed by atoms with van der Waals surface area (Å²) in [7, 11) is 0. The second kappa shape index (κ2) is 6.72. The van der Waals surface area contributed by atoms with Gasteiger partial charge >= 0.3 is 6.18 Å². The Morgan fingerprint density at radius 3 is 2.50 bits per heavy atom. The predicted octanol–water partition coefficient (Wildman–Crippen LogP) is 2.72. The van der Waals surface area contributed by atoms with Crippen molar-refractivity contribution in [2.24, 2.45) is 0 Å². The molecule has 1 atom stereocenters. The molecule has 0 rings (SSSR count). The first kappa shape index (κ1) is 13.3. The number of alkyl halides is 3. The minimum absolute atomic E-state index is 0.0956. The van der Waals surface area contributed by atoms with E-state index in [-0.39, 0.29) is 12.5 Å². The second-order valence-corrected chi connectivity index (χ2v) is 3.22. The van der Waals surface area contributed by atoms with E-state index in [0.717, 1.165) is 0 Å². The molecule has 0 aromatic heterocycles. The van der Waals surface area contributed by atoms with Crippen LogP contribution in [0.1, 0.15) is 33.1 Å². The lowest BCUT2D eigenvalue weighted by Crippen LogP contribution is -2.26. The van der Waals surface area contributed by atoms with Crippen LogP contribution in [0, 0.1) is 11.8 Å². The van der Waals surface area contributed by atoms with Crippen molar-refractivity contribution in [3.8, 4) is 11.8 Å². The van der Waals surface area contributed by atoms with Gasteiger partial charge in [-0.25, -0.2) is 0 Å². The van der Waals surface area contributed by atoms with Gasteiger partial charge in [0.2, 0.25) is 0 Å². The first-order valence-corrected chi connectivity index (χ1v) is 4.65. The summed E-state index contributed by atoms with van der Waals surface area (Å²) in [6.45, 7) is 4.15. The third kappa shape index (κ3) is 9.40. The van der Waals surface area contributed by atoms with E-state index in [4.69, 9.17) is 0 Å². The fourth-order valence-corrected chi connectivity index (χ4v) is 1.02. The summed E-state index contributed by atoms with van der Waals surface area (Å²) in [5.41, 5.74) is 0. The highest BCUT2D eigenvalue weighted by atomic mass is 19.4. The topological polar surface area (TPSA) is 12.0 Å². The van der Waals surface area contributed by atoms with E-state index in [1.807, 2.05) is 6.92 Å². The van der Waals surface area contributed by atoms with E-state index >= 15 is 0 Å². The minimum atomic E-state index is -4.02. The summed E-state index contributed by atoms with van der Waals surface area (Å²) in [5, 5.41) is 3.03. The molecule has 0 radical (unpaired) electrons. The highest BCUT2D eigenvalue weighted by Crippen LogP contribution is 2.22. The number of hydrogen-bond acceptors (Lipinski definition) is 1. The first-order chi connectivity index (χ1) is 6.45. The molecule has 0 aliphatic carbocycles. The molecule has 4 heteroatoms. The van der Waals surface area contributed by atoms with Crippen molar-refractivity contribution in [3.05, 3.63) is 0 Å². The Balaban J connectivity index is 3.43. The van der Waals surface area contributed by atoms with Crippen LogP contribution in [0.4, 0.5) is 13.2 Å². The van der Waals surface area contributed by atoms with Crippen LogP contribution in [-0.2, 0) is 0 Å². The zero-order valence-electron chi connectivity index (χ0n) is 8.54. The zero-order valence-corrected chi connectivity index (χ0v) is 8.54. The van der Waals surface area contributed by atoms with E-state index in [2.05, 4.69) is 17.2 Å². The second-order valence-electron chi connectivity index (χ2n) is 3.22. The van der Waals surface area contributed by atoms with Gasteiger partial charge in [-0.05, 0) is 26.7 Å². The third-order valence-corrected chi connectivity index (χ3v) is 1.81. The average Bonchev–Trinajstić information content (AvgIpc) is 2.02. The number of hydrogen-bond donors (Lipinski definition) is 1. The third-order valence-electron chi connectivity index (χ3n) is 1.81. The molecule has 0 aromatic rings. The molecule has 0 heterocycles. The molecule has 82 valence electrons. The Morgan fingerprint density at radius 2 is 2.00 bits per heavy atom. The normalized spacial score (nSPS) is 13.2. The highest BCUT2D eigenvalue weighted by Gasteiger charge is 2.26. The van der Waals surface area contributed by atoms with E-state index in [1.54, 1.807) is 6.92 Å². The van der Waals surface area contributed by atoms with Gasteiger partial charge in [0.15, 0.2) is 0 Å². The molecular weight excluding hydrogens is 191 g/mol. The Kier molecular flexibility index (Phi) is 6.39. The van der Waals surface area contributed by atoms with Crippen molar-refractivity contribution in [1.82, 2.24) is 5.32 Å². The predicted molar refractivity (Wildman–Crippen MR) is 50.8 cm³/mol. The molecule has 0 aromatic carbocycles. The molecule has 1 unspecified atom stereocenters. The average molecular weight is 207 g/mol. The summed E-state index contributed by atoms with van der Waals surface area (Å²) in [6, 6.07) is 0.0956. The van der Waals surface area contributed by atoms with Gasteiger partial charge in [0.1, 0.15) is 0 Å². The minimum Gasteiger partial charge on any atom is -0.304 e. The maximum Gasteiger partial charge on any atom is 0.389 e. The Bertz CT molecular complexity index is 200. The lowest BCUT2D eigenvalue weighted by Gasteiger charge is -2.12. The fraction of sp³-hybridized carbons (Fsp3) is 0.800. The molecule has 0 aliphatic rings. The molecule has 14 heavy (non-hydrogen) atoms. The Labute approximate surface area is 83.1 Å². The van der Waals surface area contributed by atoms with Crippen molar-refractivity contribution in [3.63, 3.8) is 0 Å². The Hall–Kier alpha value is -0.690. The SMILES string of the molecule is CC#CCNC(C)CCCC(F)(F)F. The summed E-state index contributed by atoms with van der Waals surface area (Å²) in [4.78, 5) is 0. The maximum atomic E-state index is 11.8. The first-order valence-electron chi connectivity index (χ1n) is 4.65. The van der Waals surface area contributed by atoms with E-state index in [0.29, 0.717) is 13.0 Å². The van der Waals surface area contributed by atoms with Gasteiger partial charge in [0, 0.05) is 12.5 Å². The van der Waals surface area contributed by atoms with Gasteiger partial charge in [0.25, 0.3) is 0 Å². The lowest BCUT2D eigenvalue weighted by molar-refractivity contribution is -0.135. The lowest BCUT2D eigenvalue weighted by atomic mass is 10.1. The summed E-state index contributed by atoms with van der Waals surface area (Å²) < 4.78 is 35.3. The van der Waals surface area contributed by atoms with Crippen LogP contribution < -0.4 is 5.32 Å². The van der Waals surface area contributed by atoms with Crippen LogP contribution in [0.3, 0.4) is 0 Å². The van der Waals surface area contributed by atoms with Crippen LogP contribution in [0.2, 0.25) is 0 Å². The highest BCUT2D eigenvalue weighted by molar-refractivity contribution is 4.97. The number of rotatable bonds is 5. The summed E-state index contributed by atoms with van der Waals surface area (Å²) in [6.07, 6.45) is -4.01. The molecular formula is C10H16F3N. The smallest absolute Gasteiger partial charge is 0.304 e. The standard InChI is InChI=1S/C10H16F3N/c1-3-4-8-14-9(2)6-5-7-10(11,12)13/h9,14H,5-8H2,1-2H3. The molecule has 0 amide bonds. The van der Waals surface area contributed by atoms with E-state index < -0.39 is 12.6 Å². The summed E-state index contributed by atoms with van der Waals surface area (Å²) in [5.74, 6) is 5.51. The molecule has 0 fully saturated rings. The van der Waals surface area contributed by atoms with Gasteiger partial charge in [-0.2, -0.15) is 13.2 Å². The molecule has 1 nitrogen and oxygen atoms in total. The van der Waals surface area contributed by atoms with Crippen molar-refractivity contribution in [1.29, 1.82) is 0 Å². The van der Waals surface area contributed by atoms with Crippen LogP contribution in [0.15, 0.2) is 0 Å². The fourth-order valence-electron chi connectivity index (χ4n) is 1.02. The van der Waals surface area contributed by atoms with Crippen LogP contribution in [0.5, 0.6) is 0 Å². The quantitative estimate of drug-likeness (QED) is 0.683. The molecule has 1 N–H and O–H groups in total. The molecule has 0 spiro atoms. The zero-order chi connectivity index (χ0) is 11.0. The van der Waals surface area contributed by atoms with Crippen LogP contribution in [-0.4, -0.2) is 18.8 Å². The Morgan fingerprint density at radius 1 is 1.36 bits per heavy atom. The molecule has 0 saturated heterocycles. The van der Waals surface area contributed by atoms with Crippen molar-refractivity contribution in [2.75, 3.05) is 6.54 Å². The van der Waals surface area contributed by atoms with Crippen molar-refractivity contribution in [2.45, 2.75) is 45.3 Å². The monoisotopic (exact) mass is 207 g/mol. The van der Waals surface area contributed by atoms with Crippen molar-refractivity contribution >= 4 is 0 Å². The summed E-state index contributed by atoms with van der Waals surface area (Å²) >= 11 is 0. The van der Waals surface area contributed by atoms with Gasteiger partial charge in [-0.3, -0.25) is 0 Å². The molecule has 0 aliphatic heterocycles. The number of nitrogens with one attached hydrogen (secondary N) is 1. The van der Waals surface area contributed by atoms with E-state index in [1.165, 1.54) is 0 Å². The van der Waals surface area contributed by atoms with Crippen LogP contribution >= 0.6 is 0 Å². The molecule has 0 saturated carbocycles. The maximum absolute atomic E-state index is 11.8. The van der Waals surface area contributed by atoms with Gasteiger partial charge in [0.05, 0.1) is 6.54 Å². The number of halogens is 3. The van der Waals surface area contributed by atoms with Crippen molar-refractivity contribution < 1.29 is 13.2 Å². The largest absolute Gasteiger partial charge is 0.389 e. The van der Waals surface area contributed by atoms with Gasteiger partial charge in [-0.15, -0.1) is 5.92 Å². The van der Waals surface area contributed by atoms with Crippen LogP contribution in [0.25, 0.3) is 0 Å². The molecule has 0 bridgehead atoms. The van der Waals surface area contributed by atoms with Gasteiger partial charge in [-0.1, -0.05) is 5.92 Å². The van der Waals surface area contributed by atoms with Gasteiger partial charge < -0.3 is 5.32 Å².